The molecule has 0 atom stereocenters. The van der Waals surface area contributed by atoms with Gasteiger partial charge in [0.25, 0.3) is 0 Å². The Morgan fingerprint density at radius 2 is 0.692 bits per heavy atom. The Morgan fingerprint density at radius 1 is 0.423 bits per heavy atom. The molecule has 0 amide bonds. The van der Waals surface area contributed by atoms with Crippen molar-refractivity contribution >= 4 is 0 Å². The van der Waals surface area contributed by atoms with Gasteiger partial charge in [0, 0.05) is 51.0 Å². The molecule has 4 heteroatoms. The van der Waals surface area contributed by atoms with Gasteiger partial charge in [-0.3, -0.25) is 0 Å². The van der Waals surface area contributed by atoms with E-state index < -0.39 is 0 Å². The molecule has 0 aromatic heterocycles. The van der Waals surface area contributed by atoms with Crippen molar-refractivity contribution in [3.05, 3.63) is 95.6 Å². The van der Waals surface area contributed by atoms with Crippen LogP contribution in [0, 0.1) is 0 Å². The lowest BCUT2D eigenvalue weighted by molar-refractivity contribution is 0.238. The molecule has 4 nitrogen and oxygen atoms in total. The highest BCUT2D eigenvalue weighted by molar-refractivity contribution is 5.30. The average molecular weight is 344 g/mol. The lowest BCUT2D eigenvalue weighted by atomic mass is 10.1. The fourth-order valence-corrected chi connectivity index (χ4v) is 4.05. The first-order valence-corrected chi connectivity index (χ1v) is 9.30. The third-order valence-electron chi connectivity index (χ3n) is 5.43. The molecule has 0 unspecified atom stereocenters. The van der Waals surface area contributed by atoms with Crippen LogP contribution in [0.5, 0.6) is 0 Å². The lowest BCUT2D eigenvalue weighted by Crippen LogP contribution is -2.28. The van der Waals surface area contributed by atoms with Crippen molar-refractivity contribution in [2.45, 2.75) is 26.2 Å². The molecule has 3 aliphatic heterocycles. The quantitative estimate of drug-likeness (QED) is 0.725. The summed E-state index contributed by atoms with van der Waals surface area (Å²) in [5.74, 6) is 0. The van der Waals surface area contributed by atoms with Crippen molar-refractivity contribution in [3.8, 4) is 0 Å². The van der Waals surface area contributed by atoms with E-state index in [1.54, 1.807) is 0 Å². The average Bonchev–Trinajstić information content (AvgIpc) is 3.27. The third-order valence-corrected chi connectivity index (χ3v) is 5.43. The van der Waals surface area contributed by atoms with Gasteiger partial charge in [-0.15, -0.1) is 0 Å². The summed E-state index contributed by atoms with van der Waals surface area (Å²) < 4.78 is 0. The minimum absolute atomic E-state index is 0.953. The summed E-state index contributed by atoms with van der Waals surface area (Å²) in [6, 6.07) is 17.7. The van der Waals surface area contributed by atoms with E-state index in [-0.39, 0.29) is 0 Å². The minimum Gasteiger partial charge on any atom is -0.354 e. The van der Waals surface area contributed by atoms with Crippen molar-refractivity contribution < 1.29 is 0 Å². The number of hydrogen-bond acceptors (Lipinski definition) is 4. The molecular formula is C22H24N4. The fourth-order valence-electron chi connectivity index (χ4n) is 4.05. The van der Waals surface area contributed by atoms with Crippen LogP contribution in [-0.4, -0.2) is 32.9 Å². The van der Waals surface area contributed by atoms with Crippen LogP contribution in [0.3, 0.4) is 0 Å². The highest BCUT2D eigenvalue weighted by Crippen LogP contribution is 2.23. The normalized spacial score (nSPS) is 18.8. The fraction of sp³-hybridized carbons (Fsp3) is 0.273. The van der Waals surface area contributed by atoms with Gasteiger partial charge in [0.2, 0.25) is 0 Å². The molecule has 3 aliphatic rings. The Hall–Kier alpha value is -2.88. The van der Waals surface area contributed by atoms with Gasteiger partial charge in [-0.1, -0.05) is 48.5 Å². The van der Waals surface area contributed by atoms with Crippen molar-refractivity contribution in [1.82, 2.24) is 19.6 Å². The van der Waals surface area contributed by atoms with E-state index >= 15 is 0 Å². The molecule has 0 saturated heterocycles. The maximum Gasteiger partial charge on any atom is 0.0900 e. The second-order valence-corrected chi connectivity index (χ2v) is 7.40. The summed E-state index contributed by atoms with van der Waals surface area (Å²) in [5.41, 5.74) is 5.68. The van der Waals surface area contributed by atoms with E-state index in [2.05, 4.69) is 92.9 Å². The predicted octanol–water partition coefficient (Wildman–Crippen LogP) is 3.49. The summed E-state index contributed by atoms with van der Waals surface area (Å²) >= 11 is 0. The van der Waals surface area contributed by atoms with Gasteiger partial charge in [-0.25, -0.2) is 0 Å². The summed E-state index contributed by atoms with van der Waals surface area (Å²) in [6.45, 7) is 5.76. The smallest absolute Gasteiger partial charge is 0.0900 e. The van der Waals surface area contributed by atoms with Crippen LogP contribution in [0.2, 0.25) is 0 Å². The van der Waals surface area contributed by atoms with Crippen LogP contribution in [0.1, 0.15) is 22.3 Å². The van der Waals surface area contributed by atoms with Gasteiger partial charge in [0.1, 0.15) is 0 Å². The van der Waals surface area contributed by atoms with Crippen LogP contribution < -0.4 is 0 Å². The van der Waals surface area contributed by atoms with Crippen molar-refractivity contribution in [2.24, 2.45) is 0 Å². The van der Waals surface area contributed by atoms with Gasteiger partial charge in [0.15, 0.2) is 0 Å². The number of nitrogens with zero attached hydrogens (tertiary/aromatic N) is 4. The van der Waals surface area contributed by atoms with E-state index in [0.717, 1.165) is 39.5 Å². The molecule has 3 heterocycles. The van der Waals surface area contributed by atoms with Crippen LogP contribution in [0.4, 0.5) is 0 Å². The number of rotatable bonds is 0. The largest absolute Gasteiger partial charge is 0.354 e. The van der Waals surface area contributed by atoms with E-state index in [4.69, 9.17) is 0 Å². The maximum absolute atomic E-state index is 2.40. The molecule has 0 N–H and O–H groups in total. The number of hydrogen-bond donors (Lipinski definition) is 0. The van der Waals surface area contributed by atoms with Crippen LogP contribution in [-0.2, 0) is 26.2 Å². The van der Waals surface area contributed by atoms with Crippen molar-refractivity contribution in [1.29, 1.82) is 0 Å². The van der Waals surface area contributed by atoms with Crippen LogP contribution >= 0.6 is 0 Å². The molecule has 132 valence electrons. The number of benzene rings is 2. The molecule has 4 bridgehead atoms. The molecule has 0 radical (unpaired) electrons. The first-order chi connectivity index (χ1) is 12.8. The molecule has 0 fully saturated rings. The maximum atomic E-state index is 2.40. The summed E-state index contributed by atoms with van der Waals surface area (Å²) in [5, 5.41) is 0. The molecule has 0 spiro atoms. The highest BCUT2D eigenvalue weighted by atomic mass is 15.3. The first-order valence-electron chi connectivity index (χ1n) is 9.30. The topological polar surface area (TPSA) is 13.0 Å². The Bertz CT molecular complexity index is 719. The van der Waals surface area contributed by atoms with Crippen LogP contribution in [0.25, 0.3) is 0 Å². The molecule has 0 saturated carbocycles. The van der Waals surface area contributed by atoms with Gasteiger partial charge in [-0.2, -0.15) is 0 Å². The Labute approximate surface area is 155 Å². The molecular weight excluding hydrogens is 320 g/mol. The summed E-state index contributed by atoms with van der Waals surface area (Å²) in [4.78, 5) is 9.61. The standard InChI is InChI=1S/C22H24N4/c1-2-6-20-14-24-11-12-26(18-24)16-22-8-4-3-7-21(22)15-25-10-9-23(17-25)13-19(20)5-1/h1-12H,13-18H2. The first kappa shape index (κ1) is 15.4. The van der Waals surface area contributed by atoms with Crippen LogP contribution in [0.15, 0.2) is 73.3 Å². The molecule has 26 heavy (non-hydrogen) atoms. The summed E-state index contributed by atoms with van der Waals surface area (Å²) in [6.07, 6.45) is 8.92. The van der Waals surface area contributed by atoms with Gasteiger partial charge >= 0.3 is 0 Å². The second kappa shape index (κ2) is 6.45. The van der Waals surface area contributed by atoms with E-state index in [9.17, 15) is 0 Å². The summed E-state index contributed by atoms with van der Waals surface area (Å²) in [7, 11) is 0. The zero-order valence-corrected chi connectivity index (χ0v) is 15.0. The lowest BCUT2D eigenvalue weighted by Gasteiger charge is -2.27. The Morgan fingerprint density at radius 3 is 0.962 bits per heavy atom. The predicted molar refractivity (Wildman–Crippen MR) is 103 cm³/mol. The zero-order chi connectivity index (χ0) is 17.3. The number of fused-ring (bicyclic) bond motifs is 6. The molecule has 2 aromatic rings. The monoisotopic (exact) mass is 344 g/mol. The van der Waals surface area contributed by atoms with Gasteiger partial charge in [-0.05, 0) is 22.3 Å². The second-order valence-electron chi connectivity index (χ2n) is 7.40. The third kappa shape index (κ3) is 3.03. The Balaban J connectivity index is 1.48. The highest BCUT2D eigenvalue weighted by Gasteiger charge is 2.19. The minimum atomic E-state index is 0.953. The molecule has 5 rings (SSSR count). The van der Waals surface area contributed by atoms with Crippen molar-refractivity contribution in [3.63, 3.8) is 0 Å². The SMILES string of the molecule is C1=CN2Cc3ccccc3CN3C=CN(Cc4ccccc4CN1C2)C3. The van der Waals surface area contributed by atoms with Crippen molar-refractivity contribution in [2.75, 3.05) is 13.3 Å². The molecule has 2 aromatic carbocycles. The zero-order valence-electron chi connectivity index (χ0n) is 15.0. The van der Waals surface area contributed by atoms with E-state index in [0.29, 0.717) is 0 Å². The van der Waals surface area contributed by atoms with Gasteiger partial charge in [0.05, 0.1) is 13.3 Å². The van der Waals surface area contributed by atoms with Gasteiger partial charge < -0.3 is 19.6 Å². The Kier molecular flexibility index (Phi) is 3.81. The molecule has 0 aliphatic carbocycles. The van der Waals surface area contributed by atoms with E-state index in [1.807, 2.05) is 0 Å². The van der Waals surface area contributed by atoms with E-state index in [1.165, 1.54) is 22.3 Å².